The predicted molar refractivity (Wildman–Crippen MR) is 72.3 cm³/mol. The number of rotatable bonds is 5. The maximum absolute atomic E-state index is 6.10. The number of hydrogen-bond donors (Lipinski definition) is 1. The first-order chi connectivity index (χ1) is 7.54. The number of hydrogen-bond acceptors (Lipinski definition) is 2. The van der Waals surface area contributed by atoms with E-state index in [1.54, 1.807) is 0 Å². The number of nitrogens with one attached hydrogen (secondary N) is 1. The highest BCUT2D eigenvalue weighted by atomic mass is 79.9. The van der Waals surface area contributed by atoms with E-state index in [0.717, 1.165) is 16.8 Å². The van der Waals surface area contributed by atoms with Crippen LogP contribution in [0, 0.1) is 5.92 Å². The van der Waals surface area contributed by atoms with Crippen molar-refractivity contribution in [3.63, 3.8) is 0 Å². The van der Waals surface area contributed by atoms with Crippen LogP contribution in [-0.4, -0.2) is 19.7 Å². The first kappa shape index (κ1) is 13.8. The topological polar surface area (TPSA) is 21.3 Å². The van der Waals surface area contributed by atoms with Crippen LogP contribution in [0.15, 0.2) is 22.7 Å². The van der Waals surface area contributed by atoms with Gasteiger partial charge in [0.05, 0.1) is 5.02 Å². The van der Waals surface area contributed by atoms with Crippen LogP contribution in [-0.2, 0) is 0 Å². The van der Waals surface area contributed by atoms with Crippen LogP contribution in [0.1, 0.15) is 13.8 Å². The maximum atomic E-state index is 6.10. The normalized spacial score (nSPS) is 12.9. The lowest BCUT2D eigenvalue weighted by Crippen LogP contribution is -2.33. The Morgan fingerprint density at radius 1 is 1.44 bits per heavy atom. The minimum Gasteiger partial charge on any atom is -0.487 e. The lowest BCUT2D eigenvalue weighted by atomic mass is 10.1. The van der Waals surface area contributed by atoms with Gasteiger partial charge in [-0.1, -0.05) is 41.4 Å². The van der Waals surface area contributed by atoms with Crippen LogP contribution in [0.2, 0.25) is 5.02 Å². The van der Waals surface area contributed by atoms with Gasteiger partial charge in [0.25, 0.3) is 0 Å². The summed E-state index contributed by atoms with van der Waals surface area (Å²) in [5.41, 5.74) is 0. The van der Waals surface area contributed by atoms with Crippen molar-refractivity contribution in [2.75, 3.05) is 13.6 Å². The molecule has 0 radical (unpaired) electrons. The number of halogens is 2. The first-order valence-electron chi connectivity index (χ1n) is 5.31. The minimum absolute atomic E-state index is 0.128. The quantitative estimate of drug-likeness (QED) is 0.895. The van der Waals surface area contributed by atoms with Gasteiger partial charge < -0.3 is 10.1 Å². The van der Waals surface area contributed by atoms with Crippen LogP contribution in [0.3, 0.4) is 0 Å². The highest BCUT2D eigenvalue weighted by molar-refractivity contribution is 9.10. The second kappa shape index (κ2) is 6.48. The molecule has 1 atom stereocenters. The van der Waals surface area contributed by atoms with Crippen molar-refractivity contribution in [1.82, 2.24) is 5.32 Å². The predicted octanol–water partition coefficient (Wildman–Crippen LogP) is 3.73. The van der Waals surface area contributed by atoms with Gasteiger partial charge in [-0.3, -0.25) is 0 Å². The van der Waals surface area contributed by atoms with Crippen molar-refractivity contribution in [2.45, 2.75) is 20.0 Å². The molecule has 0 aliphatic rings. The van der Waals surface area contributed by atoms with Crippen molar-refractivity contribution >= 4 is 27.5 Å². The van der Waals surface area contributed by atoms with Gasteiger partial charge >= 0.3 is 0 Å². The molecule has 4 heteroatoms. The molecule has 0 heterocycles. The molecule has 2 nitrogen and oxygen atoms in total. The van der Waals surface area contributed by atoms with Crippen molar-refractivity contribution in [3.8, 4) is 5.75 Å². The molecule has 0 aromatic heterocycles. The van der Waals surface area contributed by atoms with E-state index in [9.17, 15) is 0 Å². The van der Waals surface area contributed by atoms with E-state index in [4.69, 9.17) is 16.3 Å². The van der Waals surface area contributed by atoms with Gasteiger partial charge in [0.2, 0.25) is 0 Å². The van der Waals surface area contributed by atoms with E-state index >= 15 is 0 Å². The summed E-state index contributed by atoms with van der Waals surface area (Å²) in [5.74, 6) is 1.17. The Balaban J connectivity index is 2.77. The molecule has 16 heavy (non-hydrogen) atoms. The molecule has 0 saturated carbocycles. The minimum atomic E-state index is 0.128. The number of benzene rings is 1. The zero-order chi connectivity index (χ0) is 12.1. The van der Waals surface area contributed by atoms with Gasteiger partial charge in [-0.2, -0.15) is 0 Å². The van der Waals surface area contributed by atoms with Crippen LogP contribution in [0.5, 0.6) is 5.75 Å². The molecule has 0 spiro atoms. The smallest absolute Gasteiger partial charge is 0.138 e. The molecule has 1 rings (SSSR count). The summed E-state index contributed by atoms with van der Waals surface area (Å²) in [6.45, 7) is 5.08. The Hall–Kier alpha value is -0.250. The Kier molecular flexibility index (Phi) is 5.59. The molecule has 0 saturated heterocycles. The summed E-state index contributed by atoms with van der Waals surface area (Å²) in [4.78, 5) is 0. The standard InChI is InChI=1S/C12H17BrClNO/c1-8(2)12(7-15-3)16-11-5-4-9(13)6-10(11)14/h4-6,8,12,15H,7H2,1-3H3. The SMILES string of the molecule is CNCC(Oc1ccc(Br)cc1Cl)C(C)C. The fraction of sp³-hybridized carbons (Fsp3) is 0.500. The number of ether oxygens (including phenoxy) is 1. The average molecular weight is 307 g/mol. The fourth-order valence-corrected chi connectivity index (χ4v) is 2.07. The third-order valence-corrected chi connectivity index (χ3v) is 3.11. The van der Waals surface area contributed by atoms with E-state index in [1.165, 1.54) is 0 Å². The molecule has 0 amide bonds. The van der Waals surface area contributed by atoms with Crippen LogP contribution in [0.4, 0.5) is 0 Å². The lowest BCUT2D eigenvalue weighted by molar-refractivity contribution is 0.151. The zero-order valence-electron chi connectivity index (χ0n) is 9.76. The van der Waals surface area contributed by atoms with Gasteiger partial charge in [0.1, 0.15) is 11.9 Å². The molecule has 0 bridgehead atoms. The Morgan fingerprint density at radius 2 is 2.12 bits per heavy atom. The third kappa shape index (κ3) is 3.96. The summed E-state index contributed by atoms with van der Waals surface area (Å²) in [6, 6.07) is 5.66. The van der Waals surface area contributed by atoms with Gasteiger partial charge in [0, 0.05) is 11.0 Å². The molecular formula is C12H17BrClNO. The summed E-state index contributed by atoms with van der Waals surface area (Å²) < 4.78 is 6.84. The molecule has 1 aromatic carbocycles. The van der Waals surface area contributed by atoms with Gasteiger partial charge in [-0.05, 0) is 31.2 Å². The molecule has 0 aliphatic heterocycles. The molecule has 90 valence electrons. The van der Waals surface area contributed by atoms with Gasteiger partial charge in [-0.15, -0.1) is 0 Å². The summed E-state index contributed by atoms with van der Waals surface area (Å²) in [5, 5.41) is 3.76. The van der Waals surface area contributed by atoms with E-state index in [-0.39, 0.29) is 6.10 Å². The maximum Gasteiger partial charge on any atom is 0.138 e. The molecule has 1 aromatic rings. The molecule has 0 aliphatic carbocycles. The van der Waals surface area contributed by atoms with Crippen molar-refractivity contribution in [2.24, 2.45) is 5.92 Å². The Bertz CT molecular complexity index is 344. The van der Waals surface area contributed by atoms with E-state index in [1.807, 2.05) is 25.2 Å². The molecule has 0 fully saturated rings. The van der Waals surface area contributed by atoms with E-state index in [2.05, 4.69) is 35.1 Å². The van der Waals surface area contributed by atoms with E-state index < -0.39 is 0 Å². The van der Waals surface area contributed by atoms with Crippen LogP contribution >= 0.6 is 27.5 Å². The monoisotopic (exact) mass is 305 g/mol. The fourth-order valence-electron chi connectivity index (χ4n) is 1.35. The highest BCUT2D eigenvalue weighted by Gasteiger charge is 2.15. The lowest BCUT2D eigenvalue weighted by Gasteiger charge is -2.23. The van der Waals surface area contributed by atoms with Crippen molar-refractivity contribution in [3.05, 3.63) is 27.7 Å². The van der Waals surface area contributed by atoms with E-state index in [0.29, 0.717) is 10.9 Å². The molecule has 1 unspecified atom stereocenters. The van der Waals surface area contributed by atoms with Crippen LogP contribution < -0.4 is 10.1 Å². The summed E-state index contributed by atoms with van der Waals surface area (Å²) in [6.07, 6.45) is 0.128. The number of likely N-dealkylation sites (N-methyl/N-ethyl adjacent to an activating group) is 1. The second-order valence-electron chi connectivity index (χ2n) is 4.03. The summed E-state index contributed by atoms with van der Waals surface area (Å²) in [7, 11) is 1.92. The largest absolute Gasteiger partial charge is 0.487 e. The third-order valence-electron chi connectivity index (χ3n) is 2.32. The first-order valence-corrected chi connectivity index (χ1v) is 6.48. The molecular weight excluding hydrogens is 289 g/mol. The van der Waals surface area contributed by atoms with Gasteiger partial charge in [-0.25, -0.2) is 0 Å². The Morgan fingerprint density at radius 3 is 2.62 bits per heavy atom. The zero-order valence-corrected chi connectivity index (χ0v) is 12.1. The Labute approximate surface area is 110 Å². The van der Waals surface area contributed by atoms with Gasteiger partial charge in [0.15, 0.2) is 0 Å². The van der Waals surface area contributed by atoms with Crippen molar-refractivity contribution < 1.29 is 4.74 Å². The van der Waals surface area contributed by atoms with Crippen LogP contribution in [0.25, 0.3) is 0 Å². The second-order valence-corrected chi connectivity index (χ2v) is 5.36. The average Bonchev–Trinajstić information content (AvgIpc) is 2.20. The highest BCUT2D eigenvalue weighted by Crippen LogP contribution is 2.29. The van der Waals surface area contributed by atoms with Crippen molar-refractivity contribution in [1.29, 1.82) is 0 Å². The summed E-state index contributed by atoms with van der Waals surface area (Å²) >= 11 is 9.47. The molecule has 1 N–H and O–H groups in total.